The summed E-state index contributed by atoms with van der Waals surface area (Å²) in [5.41, 5.74) is 1.61. The van der Waals surface area contributed by atoms with Gasteiger partial charge in [-0.05, 0) is 31.5 Å². The fourth-order valence-corrected chi connectivity index (χ4v) is 4.30. The first-order valence-electron chi connectivity index (χ1n) is 7.61. The summed E-state index contributed by atoms with van der Waals surface area (Å²) in [5.74, 6) is -0.262. The zero-order valence-electron chi connectivity index (χ0n) is 14.1. The third-order valence-corrected chi connectivity index (χ3v) is 5.90. The normalized spacial score (nSPS) is 11.0. The zero-order chi connectivity index (χ0) is 18.0. The number of carbonyl (C=O) groups excluding carboxylic acids is 1. The van der Waals surface area contributed by atoms with Crippen molar-refractivity contribution in [2.45, 2.75) is 25.5 Å². The summed E-state index contributed by atoms with van der Waals surface area (Å²) in [6.07, 6.45) is 1.69. The van der Waals surface area contributed by atoms with E-state index in [9.17, 15) is 9.59 Å². The minimum atomic E-state index is -0.359. The molecule has 0 aliphatic rings. The number of hydrogen-bond acceptors (Lipinski definition) is 7. The van der Waals surface area contributed by atoms with E-state index < -0.39 is 0 Å². The standard InChI is InChI=1S/C17H17N3O3S2/c1-10-11(2)25-15-14(10)16(22)20(8-12-6-4-5-7-18-12)17(19-15)24-9-13(21)23-3/h4-7H,8-9H2,1-3H3. The number of hydrogen-bond donors (Lipinski definition) is 0. The van der Waals surface area contributed by atoms with Crippen molar-refractivity contribution in [3.05, 3.63) is 50.9 Å². The highest BCUT2D eigenvalue weighted by Gasteiger charge is 2.18. The monoisotopic (exact) mass is 375 g/mol. The van der Waals surface area contributed by atoms with Crippen LogP contribution in [0, 0.1) is 13.8 Å². The number of nitrogens with zero attached hydrogens (tertiary/aromatic N) is 3. The number of methoxy groups -OCH3 is 1. The molecular formula is C17H17N3O3S2. The Hall–Kier alpha value is -2.19. The maximum absolute atomic E-state index is 13.1. The number of thiophene rings is 1. The number of aryl methyl sites for hydroxylation is 2. The van der Waals surface area contributed by atoms with E-state index in [1.165, 1.54) is 30.2 Å². The molecule has 0 atom stereocenters. The van der Waals surface area contributed by atoms with Crippen LogP contribution in [0.25, 0.3) is 10.2 Å². The van der Waals surface area contributed by atoms with Gasteiger partial charge >= 0.3 is 5.97 Å². The quantitative estimate of drug-likeness (QED) is 0.388. The van der Waals surface area contributed by atoms with Gasteiger partial charge in [0.05, 0.1) is 30.5 Å². The van der Waals surface area contributed by atoms with Gasteiger partial charge in [-0.3, -0.25) is 19.1 Å². The van der Waals surface area contributed by atoms with Crippen molar-refractivity contribution in [2.24, 2.45) is 0 Å². The number of fused-ring (bicyclic) bond motifs is 1. The molecule has 6 nitrogen and oxygen atoms in total. The van der Waals surface area contributed by atoms with Crippen LogP contribution < -0.4 is 5.56 Å². The number of pyridine rings is 1. The van der Waals surface area contributed by atoms with Crippen molar-refractivity contribution in [1.29, 1.82) is 0 Å². The summed E-state index contributed by atoms with van der Waals surface area (Å²) >= 11 is 2.69. The molecule has 0 fully saturated rings. The van der Waals surface area contributed by atoms with Crippen LogP contribution in [-0.4, -0.2) is 33.4 Å². The molecule has 0 spiro atoms. The summed E-state index contributed by atoms with van der Waals surface area (Å²) in [5, 5.41) is 1.13. The minimum Gasteiger partial charge on any atom is -0.468 e. The minimum absolute atomic E-state index is 0.0972. The van der Waals surface area contributed by atoms with Gasteiger partial charge in [0, 0.05) is 11.1 Å². The van der Waals surface area contributed by atoms with Gasteiger partial charge in [-0.15, -0.1) is 11.3 Å². The molecule has 0 saturated carbocycles. The summed E-state index contributed by atoms with van der Waals surface area (Å²) in [4.78, 5) is 35.3. The second kappa shape index (κ2) is 7.37. The molecule has 8 heteroatoms. The first-order valence-corrected chi connectivity index (χ1v) is 9.41. The highest BCUT2D eigenvalue weighted by atomic mass is 32.2. The SMILES string of the molecule is COC(=O)CSc1nc2sc(C)c(C)c2c(=O)n1Cc1ccccn1. The summed E-state index contributed by atoms with van der Waals surface area (Å²) < 4.78 is 6.27. The van der Waals surface area contributed by atoms with Gasteiger partial charge in [0.2, 0.25) is 0 Å². The lowest BCUT2D eigenvalue weighted by atomic mass is 10.2. The van der Waals surface area contributed by atoms with Gasteiger partial charge in [-0.2, -0.15) is 0 Å². The molecular weight excluding hydrogens is 358 g/mol. The first kappa shape index (κ1) is 17.6. The highest BCUT2D eigenvalue weighted by molar-refractivity contribution is 7.99. The number of ether oxygens (including phenoxy) is 1. The lowest BCUT2D eigenvalue weighted by Crippen LogP contribution is -2.24. The maximum atomic E-state index is 13.1. The first-order chi connectivity index (χ1) is 12.0. The predicted molar refractivity (Wildman–Crippen MR) is 99.4 cm³/mol. The summed E-state index contributed by atoms with van der Waals surface area (Å²) in [7, 11) is 1.34. The zero-order valence-corrected chi connectivity index (χ0v) is 15.7. The van der Waals surface area contributed by atoms with Crippen molar-refractivity contribution in [1.82, 2.24) is 14.5 Å². The van der Waals surface area contributed by atoms with E-state index in [0.29, 0.717) is 21.9 Å². The lowest BCUT2D eigenvalue weighted by molar-refractivity contribution is -0.137. The molecule has 3 heterocycles. The van der Waals surface area contributed by atoms with Crippen LogP contribution in [-0.2, 0) is 16.1 Å². The Morgan fingerprint density at radius 1 is 1.36 bits per heavy atom. The molecule has 3 aromatic heterocycles. The Morgan fingerprint density at radius 2 is 2.16 bits per heavy atom. The number of aromatic nitrogens is 3. The van der Waals surface area contributed by atoms with Crippen molar-refractivity contribution >= 4 is 39.3 Å². The van der Waals surface area contributed by atoms with Crippen LogP contribution in [0.5, 0.6) is 0 Å². The molecule has 25 heavy (non-hydrogen) atoms. The van der Waals surface area contributed by atoms with E-state index in [1.54, 1.807) is 10.8 Å². The Morgan fingerprint density at radius 3 is 2.84 bits per heavy atom. The Kier molecular flexibility index (Phi) is 5.19. The van der Waals surface area contributed by atoms with Gasteiger partial charge in [-0.1, -0.05) is 17.8 Å². The van der Waals surface area contributed by atoms with Gasteiger partial charge in [0.1, 0.15) is 4.83 Å². The largest absolute Gasteiger partial charge is 0.468 e. The fraction of sp³-hybridized carbons (Fsp3) is 0.294. The smallest absolute Gasteiger partial charge is 0.316 e. The molecule has 0 radical (unpaired) electrons. The van der Waals surface area contributed by atoms with Crippen molar-refractivity contribution in [3.8, 4) is 0 Å². The molecule has 0 aliphatic carbocycles. The predicted octanol–water partition coefficient (Wildman–Crippen LogP) is 2.78. The van der Waals surface area contributed by atoms with E-state index in [0.717, 1.165) is 16.1 Å². The van der Waals surface area contributed by atoms with Gasteiger partial charge in [0.15, 0.2) is 5.16 Å². The summed E-state index contributed by atoms with van der Waals surface area (Å²) in [6.45, 7) is 4.22. The number of thioether (sulfide) groups is 1. The maximum Gasteiger partial charge on any atom is 0.316 e. The molecule has 0 N–H and O–H groups in total. The topological polar surface area (TPSA) is 74.1 Å². The van der Waals surface area contributed by atoms with Crippen LogP contribution in [0.15, 0.2) is 34.3 Å². The molecule has 0 unspecified atom stereocenters. The van der Waals surface area contributed by atoms with Crippen molar-refractivity contribution < 1.29 is 9.53 Å². The number of esters is 1. The highest BCUT2D eigenvalue weighted by Crippen LogP contribution is 2.28. The van der Waals surface area contributed by atoms with E-state index >= 15 is 0 Å². The number of rotatable bonds is 5. The average molecular weight is 375 g/mol. The number of carbonyl (C=O) groups is 1. The van der Waals surface area contributed by atoms with E-state index in [4.69, 9.17) is 0 Å². The molecule has 0 aliphatic heterocycles. The van der Waals surface area contributed by atoms with Crippen LogP contribution in [0.4, 0.5) is 0 Å². The second-order valence-corrected chi connectivity index (χ2v) is 7.58. The van der Waals surface area contributed by atoms with Crippen LogP contribution >= 0.6 is 23.1 Å². The molecule has 130 valence electrons. The molecule has 0 saturated heterocycles. The third-order valence-electron chi connectivity index (χ3n) is 3.85. The van der Waals surface area contributed by atoms with Crippen LogP contribution in [0.3, 0.4) is 0 Å². The second-order valence-electron chi connectivity index (χ2n) is 5.43. The molecule has 0 aromatic carbocycles. The molecule has 3 aromatic rings. The Bertz CT molecular complexity index is 980. The molecule has 0 bridgehead atoms. The fourth-order valence-electron chi connectivity index (χ4n) is 2.39. The van der Waals surface area contributed by atoms with Gasteiger partial charge in [0.25, 0.3) is 5.56 Å². The van der Waals surface area contributed by atoms with E-state index in [2.05, 4.69) is 14.7 Å². The van der Waals surface area contributed by atoms with E-state index in [1.807, 2.05) is 32.0 Å². The van der Waals surface area contributed by atoms with Gasteiger partial charge < -0.3 is 4.74 Å². The molecule has 0 amide bonds. The van der Waals surface area contributed by atoms with Crippen LogP contribution in [0.2, 0.25) is 0 Å². The van der Waals surface area contributed by atoms with E-state index in [-0.39, 0.29) is 17.3 Å². The summed E-state index contributed by atoms with van der Waals surface area (Å²) in [6, 6.07) is 5.56. The van der Waals surface area contributed by atoms with Crippen molar-refractivity contribution in [2.75, 3.05) is 12.9 Å². The Balaban J connectivity index is 2.12. The van der Waals surface area contributed by atoms with Crippen LogP contribution in [0.1, 0.15) is 16.1 Å². The van der Waals surface area contributed by atoms with Crippen molar-refractivity contribution in [3.63, 3.8) is 0 Å². The Labute approximate surface area is 152 Å². The average Bonchev–Trinajstić information content (AvgIpc) is 2.90. The third kappa shape index (κ3) is 3.59. The molecule has 3 rings (SSSR count). The van der Waals surface area contributed by atoms with Gasteiger partial charge in [-0.25, -0.2) is 4.98 Å². The lowest BCUT2D eigenvalue weighted by Gasteiger charge is -2.11.